The zero-order chi connectivity index (χ0) is 10.7. The molecule has 0 aliphatic carbocycles. The molecule has 1 amide bonds. The summed E-state index contributed by atoms with van der Waals surface area (Å²) in [6.45, 7) is 1.64. The van der Waals surface area contributed by atoms with E-state index in [1.165, 1.54) is 13.2 Å². The van der Waals surface area contributed by atoms with Crippen molar-refractivity contribution >= 4 is 5.91 Å². The fourth-order valence-electron chi connectivity index (χ4n) is 1.17. The second-order valence-electron chi connectivity index (χ2n) is 3.05. The Balaban J connectivity index is 3.05. The van der Waals surface area contributed by atoms with E-state index in [0.717, 1.165) is 0 Å². The lowest BCUT2D eigenvalue weighted by atomic mass is 9.99. The van der Waals surface area contributed by atoms with Crippen LogP contribution in [0, 0.1) is 0 Å². The van der Waals surface area contributed by atoms with Crippen molar-refractivity contribution in [3.63, 3.8) is 0 Å². The SMILES string of the molecule is COc1ccc(C(C)C(N)=O)c(O)c1. The molecule has 0 aliphatic rings. The van der Waals surface area contributed by atoms with E-state index >= 15 is 0 Å². The molecule has 4 heteroatoms. The molecule has 0 saturated heterocycles. The number of phenolic OH excluding ortho intramolecular Hbond substituents is 1. The van der Waals surface area contributed by atoms with Crippen molar-refractivity contribution in [3.05, 3.63) is 23.8 Å². The number of nitrogens with two attached hydrogens (primary N) is 1. The van der Waals surface area contributed by atoms with E-state index in [2.05, 4.69) is 0 Å². The van der Waals surface area contributed by atoms with Gasteiger partial charge in [0, 0.05) is 11.6 Å². The molecule has 0 spiro atoms. The van der Waals surface area contributed by atoms with E-state index in [-0.39, 0.29) is 5.75 Å². The highest BCUT2D eigenvalue weighted by Crippen LogP contribution is 2.29. The third-order valence-corrected chi connectivity index (χ3v) is 2.13. The molecule has 0 heterocycles. The number of carbonyl (C=O) groups excluding carboxylic acids is 1. The first kappa shape index (κ1) is 10.4. The van der Waals surface area contributed by atoms with Crippen molar-refractivity contribution in [3.8, 4) is 11.5 Å². The maximum absolute atomic E-state index is 10.9. The summed E-state index contributed by atoms with van der Waals surface area (Å²) in [5.74, 6) is -0.398. The van der Waals surface area contributed by atoms with Gasteiger partial charge in [-0.15, -0.1) is 0 Å². The Kier molecular flexibility index (Phi) is 2.96. The number of ether oxygens (including phenoxy) is 1. The van der Waals surface area contributed by atoms with Crippen LogP contribution in [0.2, 0.25) is 0 Å². The standard InChI is InChI=1S/C10H13NO3/c1-6(10(11)13)8-4-3-7(14-2)5-9(8)12/h3-6,12H,1-2H3,(H2,11,13). The Morgan fingerprint density at radius 2 is 2.21 bits per heavy atom. The first-order valence-corrected chi connectivity index (χ1v) is 4.22. The van der Waals surface area contributed by atoms with Gasteiger partial charge >= 0.3 is 0 Å². The van der Waals surface area contributed by atoms with E-state index in [4.69, 9.17) is 10.5 Å². The van der Waals surface area contributed by atoms with Crippen LogP contribution in [0.15, 0.2) is 18.2 Å². The van der Waals surface area contributed by atoms with Gasteiger partial charge < -0.3 is 15.6 Å². The molecular weight excluding hydrogens is 182 g/mol. The van der Waals surface area contributed by atoms with Gasteiger partial charge in [-0.25, -0.2) is 0 Å². The highest BCUT2D eigenvalue weighted by molar-refractivity contribution is 5.82. The lowest BCUT2D eigenvalue weighted by Gasteiger charge is -2.10. The zero-order valence-electron chi connectivity index (χ0n) is 8.15. The smallest absolute Gasteiger partial charge is 0.224 e. The molecule has 1 rings (SSSR count). The van der Waals surface area contributed by atoms with Crippen LogP contribution in [0.4, 0.5) is 0 Å². The molecule has 1 aromatic carbocycles. The molecule has 0 bridgehead atoms. The minimum atomic E-state index is -0.499. The van der Waals surface area contributed by atoms with E-state index in [0.29, 0.717) is 11.3 Å². The predicted molar refractivity (Wildman–Crippen MR) is 52.3 cm³/mol. The van der Waals surface area contributed by atoms with Crippen LogP contribution in [0.5, 0.6) is 11.5 Å². The number of hydrogen-bond acceptors (Lipinski definition) is 3. The van der Waals surface area contributed by atoms with Crippen LogP contribution in [0.25, 0.3) is 0 Å². The van der Waals surface area contributed by atoms with Crippen molar-refractivity contribution in [2.45, 2.75) is 12.8 Å². The number of phenols is 1. The topological polar surface area (TPSA) is 72.5 Å². The molecule has 14 heavy (non-hydrogen) atoms. The van der Waals surface area contributed by atoms with E-state index in [9.17, 15) is 9.90 Å². The highest BCUT2D eigenvalue weighted by Gasteiger charge is 2.15. The minimum absolute atomic E-state index is 0.0238. The molecule has 0 aromatic heterocycles. The van der Waals surface area contributed by atoms with Gasteiger partial charge in [0.1, 0.15) is 11.5 Å². The lowest BCUT2D eigenvalue weighted by molar-refractivity contribution is -0.119. The molecule has 76 valence electrons. The third kappa shape index (κ3) is 1.96. The first-order chi connectivity index (χ1) is 6.56. The average molecular weight is 195 g/mol. The number of methoxy groups -OCH3 is 1. The van der Waals surface area contributed by atoms with Crippen molar-refractivity contribution in [1.29, 1.82) is 0 Å². The van der Waals surface area contributed by atoms with Gasteiger partial charge in [-0.3, -0.25) is 4.79 Å². The molecule has 1 unspecified atom stereocenters. The summed E-state index contributed by atoms with van der Waals surface area (Å²) in [6.07, 6.45) is 0. The molecule has 3 N–H and O–H groups in total. The van der Waals surface area contributed by atoms with Crippen LogP contribution in [0.3, 0.4) is 0 Å². The van der Waals surface area contributed by atoms with Crippen LogP contribution in [-0.4, -0.2) is 18.1 Å². The summed E-state index contributed by atoms with van der Waals surface area (Å²) < 4.78 is 4.91. The largest absolute Gasteiger partial charge is 0.508 e. The van der Waals surface area contributed by atoms with Crippen LogP contribution >= 0.6 is 0 Å². The average Bonchev–Trinajstić information content (AvgIpc) is 2.16. The number of hydrogen-bond donors (Lipinski definition) is 2. The van der Waals surface area contributed by atoms with E-state index in [1.54, 1.807) is 19.1 Å². The molecule has 0 aliphatic heterocycles. The van der Waals surface area contributed by atoms with Crippen molar-refractivity contribution < 1.29 is 14.6 Å². The molecule has 4 nitrogen and oxygen atoms in total. The number of aromatic hydroxyl groups is 1. The zero-order valence-corrected chi connectivity index (χ0v) is 8.15. The van der Waals surface area contributed by atoms with Gasteiger partial charge in [0.15, 0.2) is 0 Å². The van der Waals surface area contributed by atoms with Gasteiger partial charge in [-0.05, 0) is 13.0 Å². The second-order valence-corrected chi connectivity index (χ2v) is 3.05. The number of rotatable bonds is 3. The molecule has 0 radical (unpaired) electrons. The molecule has 1 aromatic rings. The number of amides is 1. The van der Waals surface area contributed by atoms with Gasteiger partial charge in [0.05, 0.1) is 13.0 Å². The monoisotopic (exact) mass is 195 g/mol. The lowest BCUT2D eigenvalue weighted by Crippen LogP contribution is -2.18. The molecule has 0 saturated carbocycles. The van der Waals surface area contributed by atoms with Gasteiger partial charge in [0.25, 0.3) is 0 Å². The summed E-state index contributed by atoms with van der Waals surface area (Å²) >= 11 is 0. The van der Waals surface area contributed by atoms with Crippen molar-refractivity contribution in [2.75, 3.05) is 7.11 Å². The van der Waals surface area contributed by atoms with Gasteiger partial charge in [0.2, 0.25) is 5.91 Å². The fourth-order valence-corrected chi connectivity index (χ4v) is 1.17. The van der Waals surface area contributed by atoms with Gasteiger partial charge in [-0.2, -0.15) is 0 Å². The summed E-state index contributed by atoms with van der Waals surface area (Å²) in [4.78, 5) is 10.9. The summed E-state index contributed by atoms with van der Waals surface area (Å²) in [7, 11) is 1.51. The Morgan fingerprint density at radius 3 is 2.64 bits per heavy atom. The highest BCUT2D eigenvalue weighted by atomic mass is 16.5. The van der Waals surface area contributed by atoms with Crippen molar-refractivity contribution in [1.82, 2.24) is 0 Å². The van der Waals surface area contributed by atoms with Crippen molar-refractivity contribution in [2.24, 2.45) is 5.73 Å². The van der Waals surface area contributed by atoms with E-state index in [1.807, 2.05) is 0 Å². The first-order valence-electron chi connectivity index (χ1n) is 4.22. The quantitative estimate of drug-likeness (QED) is 0.755. The predicted octanol–water partition coefficient (Wildman–Crippen LogP) is 0.990. The Hall–Kier alpha value is -1.71. The maximum atomic E-state index is 10.9. The Labute approximate surface area is 82.3 Å². The maximum Gasteiger partial charge on any atom is 0.224 e. The van der Waals surface area contributed by atoms with Crippen LogP contribution in [-0.2, 0) is 4.79 Å². The molecule has 0 fully saturated rings. The number of benzene rings is 1. The minimum Gasteiger partial charge on any atom is -0.508 e. The number of primary amides is 1. The third-order valence-electron chi connectivity index (χ3n) is 2.13. The van der Waals surface area contributed by atoms with Crippen LogP contribution in [0.1, 0.15) is 18.4 Å². The van der Waals surface area contributed by atoms with Crippen LogP contribution < -0.4 is 10.5 Å². The second kappa shape index (κ2) is 4.00. The molecular formula is C10H13NO3. The summed E-state index contributed by atoms with van der Waals surface area (Å²) in [5.41, 5.74) is 5.64. The Bertz CT molecular complexity index is 349. The van der Waals surface area contributed by atoms with E-state index < -0.39 is 11.8 Å². The fraction of sp³-hybridized carbons (Fsp3) is 0.300. The summed E-state index contributed by atoms with van der Waals surface area (Å²) in [6, 6.07) is 4.76. The normalized spacial score (nSPS) is 12.1. The Morgan fingerprint density at radius 1 is 1.57 bits per heavy atom. The number of carbonyl (C=O) groups is 1. The molecule has 1 atom stereocenters. The summed E-state index contributed by atoms with van der Waals surface area (Å²) in [5, 5.41) is 9.55. The van der Waals surface area contributed by atoms with Gasteiger partial charge in [-0.1, -0.05) is 6.07 Å².